The number of carbonyl (C=O) groups is 1. The molecular weight excluding hydrogens is 264 g/mol. The molecule has 5 heteroatoms. The van der Waals surface area contributed by atoms with Crippen molar-refractivity contribution in [2.45, 2.75) is 19.4 Å². The Morgan fingerprint density at radius 2 is 1.90 bits per heavy atom. The fourth-order valence-corrected chi connectivity index (χ4v) is 2.57. The van der Waals surface area contributed by atoms with Gasteiger partial charge in [0, 0.05) is 50.5 Å². The number of nitrogens with one attached hydrogen (secondary N) is 2. The van der Waals surface area contributed by atoms with Crippen molar-refractivity contribution in [3.05, 3.63) is 29.8 Å². The molecule has 21 heavy (non-hydrogen) atoms. The lowest BCUT2D eigenvalue weighted by atomic mass is 9.93. The second-order valence-electron chi connectivity index (χ2n) is 5.95. The molecule has 0 spiro atoms. The minimum absolute atomic E-state index is 0.0998. The van der Waals surface area contributed by atoms with Gasteiger partial charge >= 0.3 is 0 Å². The lowest BCUT2D eigenvalue weighted by Gasteiger charge is -2.30. The van der Waals surface area contributed by atoms with E-state index in [1.165, 1.54) is 5.69 Å². The van der Waals surface area contributed by atoms with Crippen molar-refractivity contribution < 1.29 is 4.79 Å². The molecule has 0 bridgehead atoms. The highest BCUT2D eigenvalue weighted by Gasteiger charge is 2.27. The van der Waals surface area contributed by atoms with Crippen LogP contribution in [-0.2, 0) is 0 Å². The summed E-state index contributed by atoms with van der Waals surface area (Å²) in [5.74, 6) is 0.0998. The number of carbonyl (C=O) groups excluding carboxylic acids is 1. The van der Waals surface area contributed by atoms with Crippen LogP contribution >= 0.6 is 0 Å². The molecule has 1 aromatic rings. The van der Waals surface area contributed by atoms with Gasteiger partial charge in [0.25, 0.3) is 0 Å². The Balaban J connectivity index is 2.05. The molecule has 0 aliphatic carbocycles. The Hall–Kier alpha value is -1.43. The Morgan fingerprint density at radius 1 is 1.29 bits per heavy atom. The van der Waals surface area contributed by atoms with Crippen LogP contribution in [0.15, 0.2) is 24.3 Å². The van der Waals surface area contributed by atoms with Gasteiger partial charge in [-0.3, -0.25) is 4.79 Å². The normalized spacial score (nSPS) is 16.0. The van der Waals surface area contributed by atoms with E-state index in [1.807, 2.05) is 38.1 Å². The van der Waals surface area contributed by atoms with E-state index in [0.29, 0.717) is 13.1 Å². The Labute approximate surface area is 126 Å². The van der Waals surface area contributed by atoms with E-state index in [1.54, 1.807) is 0 Å². The standard InChI is InChI=1S/C16H26N4O/c1-16(2,19-8-7-17)15(21)13-3-5-14(6-4-13)20-11-9-18-10-12-20/h3-6,18-19H,7-12,17H2,1-2H3. The molecule has 1 heterocycles. The first kappa shape index (κ1) is 15.9. The molecule has 1 saturated heterocycles. The molecule has 1 aromatic carbocycles. The zero-order valence-corrected chi connectivity index (χ0v) is 13.0. The van der Waals surface area contributed by atoms with E-state index >= 15 is 0 Å². The molecule has 5 nitrogen and oxygen atoms in total. The fourth-order valence-electron chi connectivity index (χ4n) is 2.57. The van der Waals surface area contributed by atoms with Gasteiger partial charge in [-0.15, -0.1) is 0 Å². The van der Waals surface area contributed by atoms with Crippen LogP contribution < -0.4 is 21.3 Å². The minimum atomic E-state index is -0.587. The Kier molecular flexibility index (Phi) is 5.33. The van der Waals surface area contributed by atoms with Crippen LogP contribution in [0, 0.1) is 0 Å². The largest absolute Gasteiger partial charge is 0.369 e. The third-order valence-corrected chi connectivity index (χ3v) is 3.89. The predicted octanol–water partition coefficient (Wildman–Crippen LogP) is 0.606. The lowest BCUT2D eigenvalue weighted by molar-refractivity contribution is 0.0883. The Bertz CT molecular complexity index is 464. The minimum Gasteiger partial charge on any atom is -0.369 e. The molecule has 0 aromatic heterocycles. The van der Waals surface area contributed by atoms with E-state index in [2.05, 4.69) is 15.5 Å². The first-order chi connectivity index (χ1) is 10.0. The summed E-state index contributed by atoms with van der Waals surface area (Å²) in [6.45, 7) is 9.00. The number of hydrogen-bond acceptors (Lipinski definition) is 5. The Morgan fingerprint density at radius 3 is 2.48 bits per heavy atom. The van der Waals surface area contributed by atoms with Crippen LogP contribution in [0.5, 0.6) is 0 Å². The van der Waals surface area contributed by atoms with Crippen LogP contribution in [0.25, 0.3) is 0 Å². The zero-order valence-electron chi connectivity index (χ0n) is 13.0. The summed E-state index contributed by atoms with van der Waals surface area (Å²) in [4.78, 5) is 14.9. The summed E-state index contributed by atoms with van der Waals surface area (Å²) >= 11 is 0. The topological polar surface area (TPSA) is 70.4 Å². The van der Waals surface area contributed by atoms with E-state index < -0.39 is 5.54 Å². The van der Waals surface area contributed by atoms with Crippen molar-refractivity contribution in [1.29, 1.82) is 0 Å². The highest BCUT2D eigenvalue weighted by atomic mass is 16.1. The molecule has 0 saturated carbocycles. The number of ketones is 1. The van der Waals surface area contributed by atoms with Gasteiger partial charge in [0.1, 0.15) is 0 Å². The van der Waals surface area contributed by atoms with Crippen molar-refractivity contribution in [2.75, 3.05) is 44.2 Å². The first-order valence-electron chi connectivity index (χ1n) is 7.60. The number of Topliss-reactive ketones (excluding diaryl/α,β-unsaturated/α-hetero) is 1. The van der Waals surface area contributed by atoms with E-state index in [0.717, 1.165) is 31.7 Å². The van der Waals surface area contributed by atoms with E-state index in [-0.39, 0.29) is 5.78 Å². The zero-order chi connectivity index (χ0) is 15.3. The molecule has 0 radical (unpaired) electrons. The molecular formula is C16H26N4O. The number of nitrogens with two attached hydrogens (primary N) is 1. The monoisotopic (exact) mass is 290 g/mol. The molecule has 1 fully saturated rings. The lowest BCUT2D eigenvalue weighted by Crippen LogP contribution is -2.48. The van der Waals surface area contributed by atoms with Gasteiger partial charge in [-0.1, -0.05) is 0 Å². The summed E-state index contributed by atoms with van der Waals surface area (Å²) in [5, 5.41) is 6.53. The summed E-state index contributed by atoms with van der Waals surface area (Å²) in [5.41, 5.74) is 6.83. The van der Waals surface area contributed by atoms with Crippen LogP contribution in [0.3, 0.4) is 0 Å². The van der Waals surface area contributed by atoms with Gasteiger partial charge in [-0.25, -0.2) is 0 Å². The van der Waals surface area contributed by atoms with Crippen molar-refractivity contribution >= 4 is 11.5 Å². The summed E-state index contributed by atoms with van der Waals surface area (Å²) < 4.78 is 0. The number of benzene rings is 1. The predicted molar refractivity (Wildman–Crippen MR) is 87.0 cm³/mol. The summed E-state index contributed by atoms with van der Waals surface area (Å²) in [6, 6.07) is 7.92. The maximum Gasteiger partial charge on any atom is 0.182 e. The van der Waals surface area contributed by atoms with Crippen molar-refractivity contribution in [1.82, 2.24) is 10.6 Å². The third kappa shape index (κ3) is 4.03. The maximum absolute atomic E-state index is 12.5. The average Bonchev–Trinajstić information content (AvgIpc) is 2.53. The molecule has 1 aliphatic rings. The molecule has 0 atom stereocenters. The van der Waals surface area contributed by atoms with Gasteiger partial charge in [0.05, 0.1) is 5.54 Å². The molecule has 2 rings (SSSR count). The van der Waals surface area contributed by atoms with E-state index in [4.69, 9.17) is 5.73 Å². The molecule has 1 aliphatic heterocycles. The van der Waals surface area contributed by atoms with Crippen LogP contribution in [-0.4, -0.2) is 50.6 Å². The summed E-state index contributed by atoms with van der Waals surface area (Å²) in [6.07, 6.45) is 0. The van der Waals surface area contributed by atoms with Crippen LogP contribution in [0.4, 0.5) is 5.69 Å². The molecule has 116 valence electrons. The molecule has 4 N–H and O–H groups in total. The molecule has 0 unspecified atom stereocenters. The van der Waals surface area contributed by atoms with E-state index in [9.17, 15) is 4.79 Å². The average molecular weight is 290 g/mol. The highest BCUT2D eigenvalue weighted by molar-refractivity contribution is 6.02. The number of piperazine rings is 1. The van der Waals surface area contributed by atoms with Crippen molar-refractivity contribution in [3.63, 3.8) is 0 Å². The highest BCUT2D eigenvalue weighted by Crippen LogP contribution is 2.19. The van der Waals surface area contributed by atoms with Gasteiger partial charge in [-0.05, 0) is 38.1 Å². The second-order valence-corrected chi connectivity index (χ2v) is 5.95. The van der Waals surface area contributed by atoms with Crippen molar-refractivity contribution in [3.8, 4) is 0 Å². The number of rotatable bonds is 6. The smallest absolute Gasteiger partial charge is 0.182 e. The van der Waals surface area contributed by atoms with Gasteiger partial charge in [0.2, 0.25) is 0 Å². The van der Waals surface area contributed by atoms with Crippen LogP contribution in [0.2, 0.25) is 0 Å². The van der Waals surface area contributed by atoms with Gasteiger partial charge in [0.15, 0.2) is 5.78 Å². The first-order valence-corrected chi connectivity index (χ1v) is 7.60. The third-order valence-electron chi connectivity index (χ3n) is 3.89. The quantitative estimate of drug-likeness (QED) is 0.670. The SMILES string of the molecule is CC(C)(NCCN)C(=O)c1ccc(N2CCNCC2)cc1. The second kappa shape index (κ2) is 7.02. The molecule has 0 amide bonds. The van der Waals surface area contributed by atoms with Crippen molar-refractivity contribution in [2.24, 2.45) is 5.73 Å². The van der Waals surface area contributed by atoms with Gasteiger partial charge in [-0.2, -0.15) is 0 Å². The number of hydrogen-bond donors (Lipinski definition) is 3. The van der Waals surface area contributed by atoms with Gasteiger partial charge < -0.3 is 21.3 Å². The fraction of sp³-hybridized carbons (Fsp3) is 0.562. The van der Waals surface area contributed by atoms with Crippen LogP contribution in [0.1, 0.15) is 24.2 Å². The maximum atomic E-state index is 12.5. The summed E-state index contributed by atoms with van der Waals surface area (Å²) in [7, 11) is 0. The number of nitrogens with zero attached hydrogens (tertiary/aromatic N) is 1. The number of anilines is 1.